The van der Waals surface area contributed by atoms with Crippen molar-refractivity contribution in [3.05, 3.63) is 15.8 Å². The van der Waals surface area contributed by atoms with Crippen LogP contribution in [0.5, 0.6) is 0 Å². The number of aromatic nitrogens is 2. The largest absolute Gasteiger partial charge is 0.378 e. The van der Waals surface area contributed by atoms with Gasteiger partial charge in [-0.05, 0) is 32.9 Å². The van der Waals surface area contributed by atoms with E-state index in [1.54, 1.807) is 0 Å². The number of hydrogen-bond donors (Lipinski definition) is 2. The van der Waals surface area contributed by atoms with Crippen LogP contribution in [0.15, 0.2) is 0 Å². The van der Waals surface area contributed by atoms with E-state index in [9.17, 15) is 10.1 Å². The number of hydrogen-bond acceptors (Lipinski definition) is 7. The van der Waals surface area contributed by atoms with Gasteiger partial charge < -0.3 is 16.4 Å². The SMILES string of the molecule is CN(C)CC(c1nc(N)nc(N)c1[N+](=O)[O-])C1CCCCC1. The fourth-order valence-electron chi connectivity index (χ4n) is 3.34. The summed E-state index contributed by atoms with van der Waals surface area (Å²) in [7, 11) is 3.91. The Hall–Kier alpha value is -1.96. The summed E-state index contributed by atoms with van der Waals surface area (Å²) in [6.07, 6.45) is 5.64. The minimum atomic E-state index is -0.490. The number of nitrogens with zero attached hydrogens (tertiary/aromatic N) is 4. The number of nitro groups is 1. The molecule has 8 heteroatoms. The highest BCUT2D eigenvalue weighted by Gasteiger charge is 2.34. The van der Waals surface area contributed by atoms with Crippen LogP contribution in [0.25, 0.3) is 0 Å². The second-order valence-corrected chi connectivity index (χ2v) is 6.22. The summed E-state index contributed by atoms with van der Waals surface area (Å²) >= 11 is 0. The predicted octanol–water partition coefficient (Wildman–Crippen LogP) is 1.77. The first-order valence-corrected chi connectivity index (χ1v) is 7.62. The van der Waals surface area contributed by atoms with Crippen molar-refractivity contribution < 1.29 is 4.92 Å². The zero-order valence-corrected chi connectivity index (χ0v) is 13.2. The van der Waals surface area contributed by atoms with E-state index in [0.717, 1.165) is 25.7 Å². The Bertz CT molecular complexity index is 542. The maximum Gasteiger partial charge on any atom is 0.332 e. The van der Waals surface area contributed by atoms with Crippen molar-refractivity contribution in [2.45, 2.75) is 38.0 Å². The number of anilines is 2. The van der Waals surface area contributed by atoms with Crippen molar-refractivity contribution in [2.24, 2.45) is 5.92 Å². The lowest BCUT2D eigenvalue weighted by molar-refractivity contribution is -0.385. The minimum absolute atomic E-state index is 0.00216. The van der Waals surface area contributed by atoms with Gasteiger partial charge in [0.15, 0.2) is 0 Å². The van der Waals surface area contributed by atoms with Crippen LogP contribution in [-0.2, 0) is 0 Å². The summed E-state index contributed by atoms with van der Waals surface area (Å²) < 4.78 is 0. The summed E-state index contributed by atoms with van der Waals surface area (Å²) in [5, 5.41) is 11.4. The highest BCUT2D eigenvalue weighted by atomic mass is 16.6. The van der Waals surface area contributed by atoms with Gasteiger partial charge in [-0.1, -0.05) is 19.3 Å². The van der Waals surface area contributed by atoms with Gasteiger partial charge in [0.25, 0.3) is 0 Å². The fraction of sp³-hybridized carbons (Fsp3) is 0.714. The third-order valence-corrected chi connectivity index (χ3v) is 4.27. The van der Waals surface area contributed by atoms with Gasteiger partial charge in [0, 0.05) is 12.5 Å². The topological polar surface area (TPSA) is 124 Å². The molecule has 1 aromatic heterocycles. The van der Waals surface area contributed by atoms with Gasteiger partial charge in [-0.3, -0.25) is 10.1 Å². The van der Waals surface area contributed by atoms with E-state index in [1.807, 2.05) is 19.0 Å². The van der Waals surface area contributed by atoms with Crippen LogP contribution in [0.4, 0.5) is 17.5 Å². The van der Waals surface area contributed by atoms with E-state index >= 15 is 0 Å². The van der Waals surface area contributed by atoms with Gasteiger partial charge in [-0.15, -0.1) is 0 Å². The molecule has 0 amide bonds. The van der Waals surface area contributed by atoms with Crippen LogP contribution in [0, 0.1) is 16.0 Å². The summed E-state index contributed by atoms with van der Waals surface area (Å²) in [4.78, 5) is 20.9. The average Bonchev–Trinajstić information content (AvgIpc) is 2.44. The van der Waals surface area contributed by atoms with Gasteiger partial charge >= 0.3 is 5.69 Å². The maximum absolute atomic E-state index is 11.4. The third kappa shape index (κ3) is 3.62. The molecule has 0 bridgehead atoms. The van der Waals surface area contributed by atoms with Crippen molar-refractivity contribution >= 4 is 17.5 Å². The molecule has 1 fully saturated rings. The number of nitrogen functional groups attached to an aromatic ring is 2. The van der Waals surface area contributed by atoms with E-state index in [2.05, 4.69) is 9.97 Å². The lowest BCUT2D eigenvalue weighted by atomic mass is 9.78. The highest BCUT2D eigenvalue weighted by Crippen LogP contribution is 2.40. The molecule has 0 aromatic carbocycles. The van der Waals surface area contributed by atoms with Crippen molar-refractivity contribution in [3.63, 3.8) is 0 Å². The molecule has 122 valence electrons. The smallest absolute Gasteiger partial charge is 0.332 e. The van der Waals surface area contributed by atoms with Gasteiger partial charge in [-0.25, -0.2) is 4.98 Å². The summed E-state index contributed by atoms with van der Waals surface area (Å²) in [6.45, 7) is 0.682. The monoisotopic (exact) mass is 308 g/mol. The average molecular weight is 308 g/mol. The minimum Gasteiger partial charge on any atom is -0.378 e. The van der Waals surface area contributed by atoms with Crippen molar-refractivity contribution in [1.82, 2.24) is 14.9 Å². The second-order valence-electron chi connectivity index (χ2n) is 6.22. The van der Waals surface area contributed by atoms with Gasteiger partial charge in [0.1, 0.15) is 5.69 Å². The molecule has 0 aliphatic heterocycles. The molecule has 0 radical (unpaired) electrons. The first kappa shape index (κ1) is 16.4. The zero-order valence-electron chi connectivity index (χ0n) is 13.2. The maximum atomic E-state index is 11.4. The van der Waals surface area contributed by atoms with Gasteiger partial charge in [0.2, 0.25) is 11.8 Å². The Kier molecular flexibility index (Phi) is 5.12. The predicted molar refractivity (Wildman–Crippen MR) is 85.4 cm³/mol. The summed E-state index contributed by atoms with van der Waals surface area (Å²) in [6, 6.07) is 0. The Morgan fingerprint density at radius 1 is 1.27 bits per heavy atom. The summed E-state index contributed by atoms with van der Waals surface area (Å²) in [5.74, 6) is 0.164. The molecule has 2 rings (SSSR count). The van der Waals surface area contributed by atoms with E-state index in [1.165, 1.54) is 6.42 Å². The van der Waals surface area contributed by atoms with Gasteiger partial charge in [0.05, 0.1) is 4.92 Å². The Morgan fingerprint density at radius 3 is 2.45 bits per heavy atom. The summed E-state index contributed by atoms with van der Waals surface area (Å²) in [5.41, 5.74) is 11.6. The normalized spacial score (nSPS) is 17.6. The molecule has 1 atom stereocenters. The fourth-order valence-corrected chi connectivity index (χ4v) is 3.34. The quantitative estimate of drug-likeness (QED) is 0.627. The third-order valence-electron chi connectivity index (χ3n) is 4.27. The standard InChI is InChI=1S/C14H24N6O2/c1-19(2)8-10(9-6-4-3-5-7-9)11-12(20(21)22)13(15)18-14(16)17-11/h9-10H,3-8H2,1-2H3,(H4,15,16,17,18). The van der Waals surface area contributed by atoms with E-state index < -0.39 is 4.92 Å². The molecule has 1 unspecified atom stereocenters. The number of rotatable bonds is 5. The van der Waals surface area contributed by atoms with Crippen molar-refractivity contribution in [1.29, 1.82) is 0 Å². The number of nitrogens with two attached hydrogens (primary N) is 2. The molecule has 1 aromatic rings. The molecule has 1 saturated carbocycles. The lowest BCUT2D eigenvalue weighted by Gasteiger charge is -2.31. The van der Waals surface area contributed by atoms with Crippen LogP contribution in [0.3, 0.4) is 0 Å². The van der Waals surface area contributed by atoms with Crippen LogP contribution in [0.1, 0.15) is 43.7 Å². The Labute approximate surface area is 130 Å². The Balaban J connectivity index is 2.47. The zero-order chi connectivity index (χ0) is 16.3. The molecule has 8 nitrogen and oxygen atoms in total. The Morgan fingerprint density at radius 2 is 1.91 bits per heavy atom. The molecular formula is C14H24N6O2. The molecule has 1 aliphatic rings. The second kappa shape index (κ2) is 6.87. The molecule has 22 heavy (non-hydrogen) atoms. The van der Waals surface area contributed by atoms with E-state index in [4.69, 9.17) is 11.5 Å². The lowest BCUT2D eigenvalue weighted by Crippen LogP contribution is -2.29. The number of likely N-dealkylation sites (N-methyl/N-ethyl adjacent to an activating group) is 1. The van der Waals surface area contributed by atoms with Crippen molar-refractivity contribution in [3.8, 4) is 0 Å². The molecule has 1 aliphatic carbocycles. The van der Waals surface area contributed by atoms with E-state index in [-0.39, 0.29) is 23.4 Å². The van der Waals surface area contributed by atoms with Crippen LogP contribution < -0.4 is 11.5 Å². The molecule has 0 saturated heterocycles. The van der Waals surface area contributed by atoms with E-state index in [0.29, 0.717) is 18.2 Å². The highest BCUT2D eigenvalue weighted by molar-refractivity contribution is 5.58. The van der Waals surface area contributed by atoms with Crippen LogP contribution in [-0.4, -0.2) is 40.4 Å². The first-order valence-electron chi connectivity index (χ1n) is 7.62. The first-order chi connectivity index (χ1) is 10.4. The molecule has 0 spiro atoms. The van der Waals surface area contributed by atoms with Gasteiger partial charge in [-0.2, -0.15) is 4.98 Å². The van der Waals surface area contributed by atoms with Crippen LogP contribution >= 0.6 is 0 Å². The molecular weight excluding hydrogens is 284 g/mol. The molecule has 4 N–H and O–H groups in total. The van der Waals surface area contributed by atoms with Crippen LogP contribution in [0.2, 0.25) is 0 Å². The molecule has 1 heterocycles. The van der Waals surface area contributed by atoms with Crippen molar-refractivity contribution in [2.75, 3.05) is 32.1 Å².